The molecule has 29 heavy (non-hydrogen) atoms. The van der Waals surface area contributed by atoms with Crippen LogP contribution in [-0.2, 0) is 11.2 Å². The van der Waals surface area contributed by atoms with Gasteiger partial charge in [0.2, 0.25) is 0 Å². The van der Waals surface area contributed by atoms with E-state index in [4.69, 9.17) is 4.74 Å². The summed E-state index contributed by atoms with van der Waals surface area (Å²) in [7, 11) is 0. The van der Waals surface area contributed by atoms with Crippen LogP contribution in [0.1, 0.15) is 48.0 Å². The largest absolute Gasteiger partial charge is 0.381 e. The summed E-state index contributed by atoms with van der Waals surface area (Å²) >= 11 is 3.53. The number of nitrogens with zero attached hydrogens (tertiary/aromatic N) is 1. The van der Waals surface area contributed by atoms with Crippen LogP contribution < -0.4 is 15.5 Å². The van der Waals surface area contributed by atoms with Gasteiger partial charge in [-0.05, 0) is 93.5 Å². The Labute approximate surface area is 181 Å². The van der Waals surface area contributed by atoms with Crippen molar-refractivity contribution >= 4 is 24.2 Å². The van der Waals surface area contributed by atoms with Gasteiger partial charge in [0.25, 0.3) is 5.91 Å². The summed E-state index contributed by atoms with van der Waals surface area (Å²) in [6.45, 7) is 6.94. The molecular weight excluding hydrogens is 382 g/mol. The maximum absolute atomic E-state index is 12.6. The topological polar surface area (TPSA) is 53.6 Å². The molecule has 1 aromatic rings. The standard InChI is InChI=1S/C22H33N3O2.CH4S/c26-22(24-14-17-7-9-23-10-8-17)20-5-6-21-19(13-20)4-1-11-25(21)15-18-3-2-12-27-16-18;1-2/h5-6,13,17-18,23H,1-4,7-12,14-16H2,(H,24,26);2H,1H3. The zero-order chi connectivity index (χ0) is 20.5. The Kier molecular flexibility index (Phi) is 9.15. The lowest BCUT2D eigenvalue weighted by Gasteiger charge is -2.35. The summed E-state index contributed by atoms with van der Waals surface area (Å²) in [5.41, 5.74) is 3.46. The van der Waals surface area contributed by atoms with Crippen molar-refractivity contribution in [3.05, 3.63) is 29.3 Å². The summed E-state index contributed by atoms with van der Waals surface area (Å²) in [5.74, 6) is 1.33. The molecule has 1 aromatic carbocycles. The van der Waals surface area contributed by atoms with Crippen molar-refractivity contribution in [3.63, 3.8) is 0 Å². The Morgan fingerprint density at radius 2 is 2.03 bits per heavy atom. The highest BCUT2D eigenvalue weighted by molar-refractivity contribution is 7.79. The van der Waals surface area contributed by atoms with Gasteiger partial charge in [0.15, 0.2) is 0 Å². The van der Waals surface area contributed by atoms with E-state index in [-0.39, 0.29) is 5.91 Å². The third-order valence-corrected chi connectivity index (χ3v) is 6.30. The Hall–Kier alpha value is -1.24. The van der Waals surface area contributed by atoms with Crippen LogP contribution in [0.15, 0.2) is 18.2 Å². The molecule has 0 radical (unpaired) electrons. The van der Waals surface area contributed by atoms with Crippen LogP contribution in [0.3, 0.4) is 0 Å². The van der Waals surface area contributed by atoms with E-state index in [2.05, 4.69) is 40.3 Å². The van der Waals surface area contributed by atoms with Crippen LogP contribution >= 0.6 is 12.6 Å². The number of anilines is 1. The first-order valence-corrected chi connectivity index (χ1v) is 12.1. The number of amides is 1. The molecule has 0 bridgehead atoms. The molecule has 162 valence electrons. The van der Waals surface area contributed by atoms with E-state index < -0.39 is 0 Å². The fraction of sp³-hybridized carbons (Fsp3) is 0.696. The van der Waals surface area contributed by atoms with Gasteiger partial charge in [-0.2, -0.15) is 12.6 Å². The van der Waals surface area contributed by atoms with Gasteiger partial charge in [0.1, 0.15) is 0 Å². The smallest absolute Gasteiger partial charge is 0.251 e. The molecule has 1 atom stereocenters. The number of hydrogen-bond donors (Lipinski definition) is 3. The van der Waals surface area contributed by atoms with E-state index in [0.29, 0.717) is 11.8 Å². The Balaban J connectivity index is 0.00000117. The molecule has 0 spiro atoms. The van der Waals surface area contributed by atoms with Gasteiger partial charge in [0.05, 0.1) is 6.61 Å². The molecule has 2 N–H and O–H groups in total. The van der Waals surface area contributed by atoms with Crippen molar-refractivity contribution in [2.45, 2.75) is 38.5 Å². The van der Waals surface area contributed by atoms with Crippen LogP contribution in [0.4, 0.5) is 5.69 Å². The Morgan fingerprint density at radius 3 is 2.79 bits per heavy atom. The first kappa shape index (κ1) is 22.4. The molecule has 2 fully saturated rings. The van der Waals surface area contributed by atoms with Crippen LogP contribution in [0, 0.1) is 11.8 Å². The highest BCUT2D eigenvalue weighted by Gasteiger charge is 2.23. The summed E-state index contributed by atoms with van der Waals surface area (Å²) in [4.78, 5) is 15.1. The second-order valence-corrected chi connectivity index (χ2v) is 8.38. The predicted octanol–water partition coefficient (Wildman–Crippen LogP) is 3.14. The predicted molar refractivity (Wildman–Crippen MR) is 123 cm³/mol. The number of benzene rings is 1. The highest BCUT2D eigenvalue weighted by atomic mass is 32.1. The van der Waals surface area contributed by atoms with Crippen molar-refractivity contribution in [1.29, 1.82) is 0 Å². The lowest BCUT2D eigenvalue weighted by molar-refractivity contribution is 0.0571. The Bertz CT molecular complexity index is 643. The number of aryl methyl sites for hydroxylation is 1. The molecule has 4 rings (SSSR count). The lowest BCUT2D eigenvalue weighted by atomic mass is 9.95. The lowest BCUT2D eigenvalue weighted by Crippen LogP contribution is -2.37. The minimum atomic E-state index is 0.0779. The molecule has 0 aromatic heterocycles. The van der Waals surface area contributed by atoms with Crippen molar-refractivity contribution in [3.8, 4) is 0 Å². The van der Waals surface area contributed by atoms with Gasteiger partial charge in [-0.1, -0.05) is 0 Å². The molecule has 3 heterocycles. The number of rotatable bonds is 5. The number of thiol groups is 1. The Morgan fingerprint density at radius 1 is 1.21 bits per heavy atom. The summed E-state index contributed by atoms with van der Waals surface area (Å²) in [6.07, 6.45) is 8.70. The van der Waals surface area contributed by atoms with Gasteiger partial charge >= 0.3 is 0 Å². The fourth-order valence-electron chi connectivity index (χ4n) is 4.69. The van der Waals surface area contributed by atoms with Crippen LogP contribution in [0.2, 0.25) is 0 Å². The number of piperidine rings is 1. The van der Waals surface area contributed by atoms with E-state index in [1.807, 2.05) is 6.07 Å². The first-order valence-electron chi connectivity index (χ1n) is 11.2. The van der Waals surface area contributed by atoms with E-state index in [1.165, 1.54) is 30.5 Å². The minimum Gasteiger partial charge on any atom is -0.381 e. The maximum atomic E-state index is 12.6. The quantitative estimate of drug-likeness (QED) is 0.642. The van der Waals surface area contributed by atoms with Crippen LogP contribution in [0.25, 0.3) is 0 Å². The van der Waals surface area contributed by atoms with Gasteiger partial charge in [-0.3, -0.25) is 4.79 Å². The normalized spacial score (nSPS) is 22.3. The average molecular weight is 420 g/mol. The van der Waals surface area contributed by atoms with Gasteiger partial charge in [0, 0.05) is 37.5 Å². The van der Waals surface area contributed by atoms with Gasteiger partial charge in [-0.25, -0.2) is 0 Å². The highest BCUT2D eigenvalue weighted by Crippen LogP contribution is 2.30. The molecule has 1 unspecified atom stereocenters. The van der Waals surface area contributed by atoms with E-state index >= 15 is 0 Å². The minimum absolute atomic E-state index is 0.0779. The average Bonchev–Trinajstić information content (AvgIpc) is 2.80. The van der Waals surface area contributed by atoms with E-state index in [9.17, 15) is 4.79 Å². The molecule has 5 nitrogen and oxygen atoms in total. The molecule has 1 amide bonds. The van der Waals surface area contributed by atoms with Crippen LogP contribution in [0.5, 0.6) is 0 Å². The van der Waals surface area contributed by atoms with Crippen molar-refractivity contribution < 1.29 is 9.53 Å². The second kappa shape index (κ2) is 11.8. The fourth-order valence-corrected chi connectivity index (χ4v) is 4.69. The van der Waals surface area contributed by atoms with Crippen molar-refractivity contribution in [2.24, 2.45) is 11.8 Å². The third-order valence-electron chi connectivity index (χ3n) is 6.30. The summed E-state index contributed by atoms with van der Waals surface area (Å²) in [6, 6.07) is 6.29. The first-order chi connectivity index (χ1) is 14.3. The monoisotopic (exact) mass is 419 g/mol. The number of carbonyl (C=O) groups is 1. The molecule has 0 saturated carbocycles. The molecular formula is C23H37N3O2S. The summed E-state index contributed by atoms with van der Waals surface area (Å²) < 4.78 is 5.66. The van der Waals surface area contributed by atoms with Gasteiger partial charge < -0.3 is 20.3 Å². The number of ether oxygens (including phenoxy) is 1. The summed E-state index contributed by atoms with van der Waals surface area (Å²) in [5, 5.41) is 6.53. The van der Waals surface area contributed by atoms with E-state index in [0.717, 1.165) is 70.8 Å². The zero-order valence-electron chi connectivity index (χ0n) is 17.8. The van der Waals surface area contributed by atoms with Crippen LogP contribution in [-0.4, -0.2) is 58.1 Å². The number of nitrogens with one attached hydrogen (secondary N) is 2. The van der Waals surface area contributed by atoms with Crippen molar-refractivity contribution in [1.82, 2.24) is 10.6 Å². The number of hydrogen-bond acceptors (Lipinski definition) is 5. The molecule has 6 heteroatoms. The molecule has 3 aliphatic rings. The van der Waals surface area contributed by atoms with Gasteiger partial charge in [-0.15, -0.1) is 0 Å². The second-order valence-electron chi connectivity index (χ2n) is 8.38. The zero-order valence-corrected chi connectivity index (χ0v) is 18.7. The molecule has 3 aliphatic heterocycles. The number of fused-ring (bicyclic) bond motifs is 1. The maximum Gasteiger partial charge on any atom is 0.251 e. The SMILES string of the molecule is CS.O=C(NCC1CCNCC1)c1ccc2c(c1)CCCN2CC1CCCOC1. The third kappa shape index (κ3) is 6.37. The van der Waals surface area contributed by atoms with Crippen molar-refractivity contribution in [2.75, 3.05) is 57.1 Å². The molecule has 0 aliphatic carbocycles. The number of carbonyl (C=O) groups excluding carboxylic acids is 1. The van der Waals surface area contributed by atoms with E-state index in [1.54, 1.807) is 6.26 Å². The molecule has 2 saturated heterocycles.